The summed E-state index contributed by atoms with van der Waals surface area (Å²) in [6.45, 7) is 11.2. The Morgan fingerprint density at radius 1 is 0.727 bits per heavy atom. The van der Waals surface area contributed by atoms with Crippen molar-refractivity contribution in [2.24, 2.45) is 0 Å². The van der Waals surface area contributed by atoms with Gasteiger partial charge in [0.25, 0.3) is 0 Å². The molecule has 1 unspecified atom stereocenters. The van der Waals surface area contributed by atoms with Crippen LogP contribution < -0.4 is 15.7 Å². The van der Waals surface area contributed by atoms with Gasteiger partial charge in [0.2, 0.25) is 0 Å². The van der Waals surface area contributed by atoms with Gasteiger partial charge in [-0.2, -0.15) is 0 Å². The van der Waals surface area contributed by atoms with Crippen LogP contribution in [0.1, 0.15) is 32.1 Å². The van der Waals surface area contributed by atoms with Crippen molar-refractivity contribution in [1.29, 1.82) is 0 Å². The second-order valence-corrected chi connectivity index (χ2v) is 8.66. The van der Waals surface area contributed by atoms with Gasteiger partial charge in [0.05, 0.1) is 0 Å². The first-order chi connectivity index (χ1) is 15.5. The quantitative estimate of drug-likeness (QED) is 0.0666. The molecule has 0 amide bonds. The zero-order chi connectivity index (χ0) is 25.2. The van der Waals surface area contributed by atoms with Crippen molar-refractivity contribution in [2.45, 2.75) is 65.4 Å². The molecule has 0 rings (SSSR count). The number of nitrogens with one attached hydrogen (secondary N) is 3. The Labute approximate surface area is 201 Å². The van der Waals surface area contributed by atoms with E-state index in [1.54, 1.807) is 32.1 Å². The van der Waals surface area contributed by atoms with Gasteiger partial charge in [0.1, 0.15) is 6.04 Å². The largest absolute Gasteiger partial charge is 0.480 e. The third kappa shape index (κ3) is 18.4. The molecule has 11 nitrogen and oxygen atoms in total. The predicted octanol–water partition coefficient (Wildman–Crippen LogP) is -1.80. The van der Waals surface area contributed by atoms with Gasteiger partial charge in [0, 0.05) is 0 Å². The molecule has 190 valence electrons. The van der Waals surface area contributed by atoms with Crippen LogP contribution in [0.2, 0.25) is 27.3 Å². The average molecular weight is 471 g/mol. The molecule has 0 aliphatic rings. The number of rotatable bonds is 22. The van der Waals surface area contributed by atoms with Crippen LogP contribution in [-0.4, -0.2) is 121 Å². The molecule has 33 heavy (non-hydrogen) atoms. The maximum Gasteiger partial charge on any atom is 0.377 e. The van der Waals surface area contributed by atoms with Crippen molar-refractivity contribution < 1.29 is 30.0 Å². The number of carboxylic acid groups (broad SMARTS) is 1. The Morgan fingerprint density at radius 3 is 1.48 bits per heavy atom. The summed E-state index contributed by atoms with van der Waals surface area (Å²) in [7, 11) is -2.61. The highest BCUT2D eigenvalue weighted by molar-refractivity contribution is 6.46. The Balaban J connectivity index is 4.73. The first-order valence-electron chi connectivity index (χ1n) is 12.2. The third-order valence-corrected chi connectivity index (χ3v) is 5.33. The standard InChI is InChI=1S/C18H45B4N5O6/c1-19(30)23-10-6-14-26(15-7-11-24-20(2)31)13-5-9-17(18(28)29)27(22(4)33)16-8-12-25-21(3)32/h17,23-25,30-33H,5-16H2,1-4H3,(H,28,29). The lowest BCUT2D eigenvalue weighted by Crippen LogP contribution is -2.50. The normalized spacial score (nSPS) is 12.3. The van der Waals surface area contributed by atoms with Gasteiger partial charge in [0.15, 0.2) is 0 Å². The van der Waals surface area contributed by atoms with E-state index in [0.717, 1.165) is 32.5 Å². The average Bonchev–Trinajstić information content (AvgIpc) is 2.70. The molecular formula is C18H45B4N5O6. The molecule has 0 aromatic rings. The van der Waals surface area contributed by atoms with Gasteiger partial charge in [-0.05, 0) is 105 Å². The summed E-state index contributed by atoms with van der Waals surface area (Å²) in [5.41, 5.74) is 0. The maximum atomic E-state index is 11.9. The first kappa shape index (κ1) is 32.4. The van der Waals surface area contributed by atoms with Crippen molar-refractivity contribution in [2.75, 3.05) is 45.8 Å². The second-order valence-electron chi connectivity index (χ2n) is 8.66. The number of hydrogen-bond acceptors (Lipinski definition) is 10. The van der Waals surface area contributed by atoms with Crippen LogP contribution in [0.25, 0.3) is 0 Å². The van der Waals surface area contributed by atoms with Gasteiger partial charge in [-0.3, -0.25) is 4.79 Å². The molecule has 0 saturated carbocycles. The third-order valence-electron chi connectivity index (χ3n) is 5.33. The molecule has 1 atom stereocenters. The highest BCUT2D eigenvalue weighted by Crippen LogP contribution is 2.12. The maximum absolute atomic E-state index is 11.9. The molecule has 0 saturated heterocycles. The highest BCUT2D eigenvalue weighted by atomic mass is 16.4. The smallest absolute Gasteiger partial charge is 0.377 e. The molecule has 0 bridgehead atoms. The molecule has 0 heterocycles. The van der Waals surface area contributed by atoms with Gasteiger partial charge in [-0.15, -0.1) is 0 Å². The lowest BCUT2D eigenvalue weighted by molar-refractivity contribution is -0.142. The molecule has 0 fully saturated rings. The van der Waals surface area contributed by atoms with Crippen LogP contribution in [0.4, 0.5) is 0 Å². The molecule has 0 aromatic carbocycles. The molecule has 0 aliphatic heterocycles. The summed E-state index contributed by atoms with van der Waals surface area (Å²) < 4.78 is 0. The van der Waals surface area contributed by atoms with Gasteiger partial charge < -0.3 is 50.6 Å². The summed E-state index contributed by atoms with van der Waals surface area (Å²) in [6.07, 6.45) is 3.40. The SMILES string of the molecule is CB(O)NCCCN(CCCNB(C)O)CCCC(C(=O)O)N(CCCNB(C)O)B(C)O. The summed E-state index contributed by atoms with van der Waals surface area (Å²) in [4.78, 5) is 15.8. The minimum absolute atomic E-state index is 0.411. The molecule has 0 aromatic heterocycles. The number of carboxylic acids is 1. The van der Waals surface area contributed by atoms with Gasteiger partial charge in [-0.25, -0.2) is 0 Å². The van der Waals surface area contributed by atoms with E-state index in [2.05, 4.69) is 20.6 Å². The number of hydrogen-bond donors (Lipinski definition) is 8. The number of nitrogens with zero attached hydrogens (tertiary/aromatic N) is 2. The number of carbonyl (C=O) groups is 1. The summed E-state index contributed by atoms with van der Waals surface area (Å²) in [5, 5.41) is 56.7. The van der Waals surface area contributed by atoms with Crippen LogP contribution in [0.3, 0.4) is 0 Å². The Morgan fingerprint density at radius 2 is 1.12 bits per heavy atom. The van der Waals surface area contributed by atoms with E-state index < -0.39 is 40.2 Å². The first-order valence-corrected chi connectivity index (χ1v) is 12.2. The van der Waals surface area contributed by atoms with E-state index in [1.807, 2.05) is 0 Å². The van der Waals surface area contributed by atoms with Gasteiger partial charge in [-0.1, -0.05) is 0 Å². The fourth-order valence-electron chi connectivity index (χ4n) is 3.68. The van der Waals surface area contributed by atoms with Crippen LogP contribution in [0.15, 0.2) is 0 Å². The van der Waals surface area contributed by atoms with E-state index in [4.69, 9.17) is 0 Å². The van der Waals surface area contributed by atoms with E-state index >= 15 is 0 Å². The number of aliphatic carboxylic acids is 1. The minimum atomic E-state index is -0.951. The van der Waals surface area contributed by atoms with Crippen molar-refractivity contribution in [1.82, 2.24) is 25.4 Å². The monoisotopic (exact) mass is 471 g/mol. The van der Waals surface area contributed by atoms with Crippen molar-refractivity contribution in [3.63, 3.8) is 0 Å². The lowest BCUT2D eigenvalue weighted by Gasteiger charge is -2.31. The Kier molecular flexibility index (Phi) is 19.3. The van der Waals surface area contributed by atoms with E-state index in [-0.39, 0.29) is 0 Å². The van der Waals surface area contributed by atoms with Gasteiger partial charge >= 0.3 is 34.2 Å². The summed E-state index contributed by atoms with van der Waals surface area (Å²) in [5.74, 6) is -0.951. The molecule has 8 N–H and O–H groups in total. The van der Waals surface area contributed by atoms with Crippen molar-refractivity contribution in [3.8, 4) is 0 Å². The molecule has 0 aliphatic carbocycles. The zero-order valence-electron chi connectivity index (χ0n) is 20.9. The Bertz CT molecular complexity index is 481. The van der Waals surface area contributed by atoms with Crippen molar-refractivity contribution in [3.05, 3.63) is 0 Å². The zero-order valence-corrected chi connectivity index (χ0v) is 20.9. The van der Waals surface area contributed by atoms with E-state index in [9.17, 15) is 30.0 Å². The Hall–Kier alpha value is -0.630. The van der Waals surface area contributed by atoms with Crippen LogP contribution in [0, 0.1) is 0 Å². The fraction of sp³-hybridized carbons (Fsp3) is 0.944. The van der Waals surface area contributed by atoms with Crippen LogP contribution >= 0.6 is 0 Å². The molecule has 15 heteroatoms. The molecular weight excluding hydrogens is 425 g/mol. The summed E-state index contributed by atoms with van der Waals surface area (Å²) in [6, 6.07) is -0.785. The topological polar surface area (TPSA) is 161 Å². The molecule has 0 spiro atoms. The minimum Gasteiger partial charge on any atom is -0.480 e. The summed E-state index contributed by atoms with van der Waals surface area (Å²) >= 11 is 0. The van der Waals surface area contributed by atoms with Crippen molar-refractivity contribution >= 4 is 34.2 Å². The lowest BCUT2D eigenvalue weighted by atomic mass is 9.81. The van der Waals surface area contributed by atoms with E-state index in [1.165, 1.54) is 0 Å². The fourth-order valence-corrected chi connectivity index (χ4v) is 3.68. The van der Waals surface area contributed by atoms with Crippen LogP contribution in [-0.2, 0) is 4.79 Å². The molecule has 0 radical (unpaired) electrons. The second kappa shape index (κ2) is 19.7. The van der Waals surface area contributed by atoms with Crippen LogP contribution in [0.5, 0.6) is 0 Å². The van der Waals surface area contributed by atoms with E-state index in [0.29, 0.717) is 45.4 Å². The predicted molar refractivity (Wildman–Crippen MR) is 137 cm³/mol. The highest BCUT2D eigenvalue weighted by Gasteiger charge is 2.30.